The molecule has 0 spiro atoms. The van der Waals surface area contributed by atoms with Gasteiger partial charge >= 0.3 is 0 Å². The van der Waals surface area contributed by atoms with Crippen LogP contribution in [0.4, 0.5) is 14.5 Å². The Bertz CT molecular complexity index is 805. The molecule has 0 amide bonds. The lowest BCUT2D eigenvalue weighted by molar-refractivity contribution is 0.624. The summed E-state index contributed by atoms with van der Waals surface area (Å²) in [6.07, 6.45) is 1.67. The van der Waals surface area contributed by atoms with E-state index in [0.717, 1.165) is 16.5 Å². The third-order valence-electron chi connectivity index (χ3n) is 3.11. The third kappa shape index (κ3) is 2.97. The van der Waals surface area contributed by atoms with Crippen LogP contribution in [0.1, 0.15) is 5.56 Å². The van der Waals surface area contributed by atoms with Gasteiger partial charge in [0.15, 0.2) is 0 Å². The van der Waals surface area contributed by atoms with E-state index in [2.05, 4.69) is 4.98 Å². The molecule has 1 aromatic heterocycles. The topological polar surface area (TPSA) is 38.9 Å². The second-order valence-corrected chi connectivity index (χ2v) is 5.63. The first kappa shape index (κ1) is 13.8. The summed E-state index contributed by atoms with van der Waals surface area (Å²) in [6, 6.07) is 10.7. The molecule has 0 radical (unpaired) electrons. The van der Waals surface area contributed by atoms with E-state index < -0.39 is 0 Å². The number of nitrogens with two attached hydrogens (primary N) is 1. The molecule has 0 bridgehead atoms. The summed E-state index contributed by atoms with van der Waals surface area (Å²) in [5.41, 5.74) is 7.84. The summed E-state index contributed by atoms with van der Waals surface area (Å²) in [5, 5.41) is 0.750. The van der Waals surface area contributed by atoms with E-state index >= 15 is 0 Å². The van der Waals surface area contributed by atoms with E-state index in [1.807, 2.05) is 6.07 Å². The van der Waals surface area contributed by atoms with Gasteiger partial charge in [-0.2, -0.15) is 0 Å². The molecule has 0 fully saturated rings. The number of benzene rings is 2. The van der Waals surface area contributed by atoms with Gasteiger partial charge in [0.2, 0.25) is 0 Å². The van der Waals surface area contributed by atoms with Crippen molar-refractivity contribution in [3.63, 3.8) is 0 Å². The predicted molar refractivity (Wildman–Crippen MR) is 82.1 cm³/mol. The molecule has 3 rings (SSSR count). The lowest BCUT2D eigenvalue weighted by atomic mass is 10.1. The number of hydrogen-bond donors (Lipinski definition) is 1. The van der Waals surface area contributed by atoms with Crippen LogP contribution in [0, 0.1) is 11.6 Å². The Morgan fingerprint density at radius 2 is 1.90 bits per heavy atom. The molecule has 0 aliphatic heterocycles. The zero-order chi connectivity index (χ0) is 14.8. The number of nitrogens with zero attached hydrogens (tertiary/aromatic N) is 1. The van der Waals surface area contributed by atoms with Crippen molar-refractivity contribution in [2.75, 3.05) is 5.73 Å². The molecule has 0 aliphatic carbocycles. The smallest absolute Gasteiger partial charge is 0.124 e. The minimum Gasteiger partial charge on any atom is -0.398 e. The highest BCUT2D eigenvalue weighted by molar-refractivity contribution is 7.98. The van der Waals surface area contributed by atoms with Crippen molar-refractivity contribution in [3.05, 3.63) is 65.9 Å². The van der Waals surface area contributed by atoms with Crippen LogP contribution in [0.15, 0.2) is 53.6 Å². The number of anilines is 1. The quantitative estimate of drug-likeness (QED) is 0.576. The molecule has 1 heterocycles. The summed E-state index contributed by atoms with van der Waals surface area (Å²) in [4.78, 5) is 4.93. The highest BCUT2D eigenvalue weighted by Crippen LogP contribution is 2.31. The van der Waals surface area contributed by atoms with Gasteiger partial charge in [-0.3, -0.25) is 4.98 Å². The molecular weight excluding hydrogens is 290 g/mol. The van der Waals surface area contributed by atoms with Gasteiger partial charge in [-0.15, -0.1) is 11.8 Å². The first-order valence-electron chi connectivity index (χ1n) is 6.34. The van der Waals surface area contributed by atoms with Gasteiger partial charge in [0.25, 0.3) is 0 Å². The van der Waals surface area contributed by atoms with E-state index in [1.54, 1.807) is 12.3 Å². The van der Waals surface area contributed by atoms with Gasteiger partial charge < -0.3 is 5.73 Å². The molecule has 2 N–H and O–H groups in total. The SMILES string of the molecule is Nc1ccc(F)cc1SCc1cc(F)cc2cccnc12. The van der Waals surface area contributed by atoms with E-state index in [0.29, 0.717) is 16.3 Å². The molecule has 0 aliphatic rings. The highest BCUT2D eigenvalue weighted by Gasteiger charge is 2.08. The number of aromatic nitrogens is 1. The first-order valence-corrected chi connectivity index (χ1v) is 7.33. The fourth-order valence-corrected chi connectivity index (χ4v) is 3.09. The molecule has 0 saturated carbocycles. The Morgan fingerprint density at radius 1 is 1.05 bits per heavy atom. The number of halogens is 2. The van der Waals surface area contributed by atoms with Crippen molar-refractivity contribution in [3.8, 4) is 0 Å². The number of thioether (sulfide) groups is 1. The molecule has 0 unspecified atom stereocenters. The van der Waals surface area contributed by atoms with Gasteiger partial charge in [-0.25, -0.2) is 8.78 Å². The number of fused-ring (bicyclic) bond motifs is 1. The number of rotatable bonds is 3. The molecule has 2 nitrogen and oxygen atoms in total. The maximum absolute atomic E-state index is 13.6. The number of nitrogen functional groups attached to an aromatic ring is 1. The van der Waals surface area contributed by atoms with Crippen LogP contribution < -0.4 is 5.73 Å². The maximum atomic E-state index is 13.6. The molecule has 0 saturated heterocycles. The Morgan fingerprint density at radius 3 is 2.76 bits per heavy atom. The third-order valence-corrected chi connectivity index (χ3v) is 4.23. The second kappa shape index (κ2) is 5.69. The van der Waals surface area contributed by atoms with Crippen molar-refractivity contribution in [2.24, 2.45) is 0 Å². The van der Waals surface area contributed by atoms with Crippen LogP contribution in [0.25, 0.3) is 10.9 Å². The normalized spacial score (nSPS) is 11.0. The van der Waals surface area contributed by atoms with E-state index in [9.17, 15) is 8.78 Å². The molecule has 3 aromatic rings. The predicted octanol–water partition coefficient (Wildman–Crippen LogP) is 4.39. The van der Waals surface area contributed by atoms with Crippen LogP contribution in [-0.2, 0) is 5.75 Å². The van der Waals surface area contributed by atoms with Crippen LogP contribution >= 0.6 is 11.8 Å². The summed E-state index contributed by atoms with van der Waals surface area (Å²) in [6.45, 7) is 0. The average Bonchev–Trinajstić information content (AvgIpc) is 2.47. The van der Waals surface area contributed by atoms with Crippen LogP contribution in [0.5, 0.6) is 0 Å². The maximum Gasteiger partial charge on any atom is 0.124 e. The molecule has 106 valence electrons. The van der Waals surface area contributed by atoms with Crippen LogP contribution in [0.3, 0.4) is 0 Å². The van der Waals surface area contributed by atoms with Gasteiger partial charge in [0, 0.05) is 27.9 Å². The molecule has 5 heteroatoms. The molecule has 2 aromatic carbocycles. The van der Waals surface area contributed by atoms with Crippen molar-refractivity contribution in [1.82, 2.24) is 4.98 Å². The van der Waals surface area contributed by atoms with Gasteiger partial charge in [0.1, 0.15) is 11.6 Å². The van der Waals surface area contributed by atoms with E-state index in [-0.39, 0.29) is 11.6 Å². The Hall–Kier alpha value is -2.14. The second-order valence-electron chi connectivity index (χ2n) is 4.61. The zero-order valence-electron chi connectivity index (χ0n) is 11.0. The molecular formula is C16H12F2N2S. The molecule has 21 heavy (non-hydrogen) atoms. The monoisotopic (exact) mass is 302 g/mol. The Balaban J connectivity index is 1.93. The summed E-state index contributed by atoms with van der Waals surface area (Å²) < 4.78 is 26.9. The fraction of sp³-hybridized carbons (Fsp3) is 0.0625. The zero-order valence-corrected chi connectivity index (χ0v) is 11.8. The number of hydrogen-bond acceptors (Lipinski definition) is 3. The van der Waals surface area contributed by atoms with Crippen molar-refractivity contribution in [1.29, 1.82) is 0 Å². The minimum absolute atomic E-state index is 0.307. The highest BCUT2D eigenvalue weighted by atomic mass is 32.2. The van der Waals surface area contributed by atoms with Crippen molar-refractivity contribution < 1.29 is 8.78 Å². The Labute approximate surface area is 125 Å². The summed E-state index contributed by atoms with van der Waals surface area (Å²) >= 11 is 1.37. The van der Waals surface area contributed by atoms with E-state index in [1.165, 1.54) is 42.1 Å². The van der Waals surface area contributed by atoms with Crippen LogP contribution in [0.2, 0.25) is 0 Å². The number of pyridine rings is 1. The van der Waals surface area contributed by atoms with Crippen molar-refractivity contribution in [2.45, 2.75) is 10.6 Å². The summed E-state index contributed by atoms with van der Waals surface area (Å²) in [7, 11) is 0. The van der Waals surface area contributed by atoms with E-state index in [4.69, 9.17) is 5.73 Å². The lowest BCUT2D eigenvalue weighted by Crippen LogP contribution is -1.92. The van der Waals surface area contributed by atoms with Gasteiger partial charge in [0.05, 0.1) is 5.52 Å². The Kier molecular flexibility index (Phi) is 3.75. The minimum atomic E-state index is -0.339. The van der Waals surface area contributed by atoms with Gasteiger partial charge in [-0.05, 0) is 42.0 Å². The summed E-state index contributed by atoms with van der Waals surface area (Å²) in [5.74, 6) is -0.175. The largest absolute Gasteiger partial charge is 0.398 e. The average molecular weight is 302 g/mol. The first-order chi connectivity index (χ1) is 10.1. The molecule has 0 atom stereocenters. The van der Waals surface area contributed by atoms with Crippen molar-refractivity contribution >= 4 is 28.4 Å². The fourth-order valence-electron chi connectivity index (χ4n) is 2.13. The standard InChI is InChI=1S/C16H12F2N2S/c17-12-3-4-14(19)15(8-12)21-9-11-7-13(18)6-10-2-1-5-20-16(10)11/h1-8H,9,19H2. The van der Waals surface area contributed by atoms with Gasteiger partial charge in [-0.1, -0.05) is 6.07 Å². The van der Waals surface area contributed by atoms with Crippen LogP contribution in [-0.4, -0.2) is 4.98 Å². The lowest BCUT2D eigenvalue weighted by Gasteiger charge is -2.08.